The summed E-state index contributed by atoms with van der Waals surface area (Å²) in [5.41, 5.74) is 3.82. The average molecular weight is 410 g/mol. The Bertz CT molecular complexity index is 891. The molecule has 1 saturated heterocycles. The van der Waals surface area contributed by atoms with Crippen LogP contribution in [0.3, 0.4) is 0 Å². The first-order chi connectivity index (χ1) is 14.5. The number of aryl methyl sites for hydroxylation is 2. The van der Waals surface area contributed by atoms with Gasteiger partial charge >= 0.3 is 0 Å². The number of carbonyl (C=O) groups excluding carboxylic acids is 2. The molecular weight excluding hydrogens is 378 g/mol. The molecule has 2 aromatic carbocycles. The number of carbonyl (C=O) groups is 2. The lowest BCUT2D eigenvalue weighted by Crippen LogP contribution is -2.41. The Labute approximate surface area is 178 Å². The van der Waals surface area contributed by atoms with E-state index in [1.807, 2.05) is 44.2 Å². The molecule has 1 aliphatic rings. The Kier molecular flexibility index (Phi) is 7.46. The summed E-state index contributed by atoms with van der Waals surface area (Å²) in [5, 5.41) is 5.70. The van der Waals surface area contributed by atoms with Gasteiger partial charge in [0.1, 0.15) is 5.75 Å². The summed E-state index contributed by atoms with van der Waals surface area (Å²) in [4.78, 5) is 27.2. The second-order valence-corrected chi connectivity index (χ2v) is 7.79. The van der Waals surface area contributed by atoms with Gasteiger partial charge in [0.25, 0.3) is 5.91 Å². The van der Waals surface area contributed by atoms with Crippen molar-refractivity contribution < 1.29 is 14.3 Å². The largest absolute Gasteiger partial charge is 0.496 e. The molecule has 1 heterocycles. The predicted molar refractivity (Wildman–Crippen MR) is 118 cm³/mol. The molecule has 0 spiro atoms. The summed E-state index contributed by atoms with van der Waals surface area (Å²) in [6.45, 7) is 6.39. The lowest BCUT2D eigenvalue weighted by Gasteiger charge is -2.29. The maximum Gasteiger partial charge on any atom is 0.251 e. The highest BCUT2D eigenvalue weighted by molar-refractivity contribution is 5.96. The van der Waals surface area contributed by atoms with E-state index in [1.165, 1.54) is 0 Å². The molecular formula is C24H31N3O3. The van der Waals surface area contributed by atoms with Crippen LogP contribution in [0.25, 0.3) is 0 Å². The average Bonchev–Trinajstić information content (AvgIpc) is 3.29. The number of nitrogens with zero attached hydrogens (tertiary/aromatic N) is 1. The second-order valence-electron chi connectivity index (χ2n) is 7.79. The van der Waals surface area contributed by atoms with Crippen molar-refractivity contribution in [3.05, 3.63) is 64.7 Å². The van der Waals surface area contributed by atoms with Crippen LogP contribution in [0.2, 0.25) is 0 Å². The Morgan fingerprint density at radius 2 is 1.77 bits per heavy atom. The lowest BCUT2D eigenvalue weighted by molar-refractivity contribution is -0.120. The highest BCUT2D eigenvalue weighted by Crippen LogP contribution is 2.31. The lowest BCUT2D eigenvalue weighted by atomic mass is 10.0. The third-order valence-corrected chi connectivity index (χ3v) is 5.75. The molecule has 0 radical (unpaired) electrons. The summed E-state index contributed by atoms with van der Waals surface area (Å²) in [6.07, 6.45) is 2.32. The number of ether oxygens (including phenoxy) is 1. The number of nitrogens with one attached hydrogen (secondary N) is 2. The van der Waals surface area contributed by atoms with Crippen LogP contribution < -0.4 is 15.4 Å². The van der Waals surface area contributed by atoms with Crippen molar-refractivity contribution in [1.29, 1.82) is 0 Å². The van der Waals surface area contributed by atoms with Crippen LogP contribution in [0.15, 0.2) is 42.5 Å². The van der Waals surface area contributed by atoms with Gasteiger partial charge < -0.3 is 15.4 Å². The van der Waals surface area contributed by atoms with Crippen molar-refractivity contribution in [2.75, 3.05) is 33.3 Å². The van der Waals surface area contributed by atoms with Crippen LogP contribution in [0, 0.1) is 13.8 Å². The normalized spacial score (nSPS) is 14.9. The van der Waals surface area contributed by atoms with Crippen molar-refractivity contribution in [3.8, 4) is 5.75 Å². The van der Waals surface area contributed by atoms with Crippen LogP contribution in [0.4, 0.5) is 0 Å². The van der Waals surface area contributed by atoms with Gasteiger partial charge in [-0.2, -0.15) is 0 Å². The van der Waals surface area contributed by atoms with Crippen LogP contribution in [0.5, 0.6) is 5.75 Å². The minimum Gasteiger partial charge on any atom is -0.496 e. The molecule has 2 amide bonds. The predicted octanol–water partition coefficient (Wildman–Crippen LogP) is 3.00. The first-order valence-corrected chi connectivity index (χ1v) is 10.5. The van der Waals surface area contributed by atoms with E-state index in [4.69, 9.17) is 4.74 Å². The maximum absolute atomic E-state index is 12.4. The molecule has 0 saturated carbocycles. The fraction of sp³-hybridized carbons (Fsp3) is 0.417. The zero-order chi connectivity index (χ0) is 21.5. The van der Waals surface area contributed by atoms with Gasteiger partial charge in [-0.15, -0.1) is 0 Å². The van der Waals surface area contributed by atoms with E-state index < -0.39 is 0 Å². The number of benzene rings is 2. The standard InChI is InChI=1S/C24H31N3O3/c1-17-10-11-19(14-18(17)2)24(29)26-16-23(28)25-15-21(27-12-6-7-13-27)20-8-4-5-9-22(20)30-3/h4-5,8-11,14,21H,6-7,12-13,15-16H2,1-3H3,(H,25,28)(H,26,29)/t21-/m1/s1. The van der Waals surface area contributed by atoms with E-state index in [2.05, 4.69) is 21.6 Å². The number of hydrogen-bond acceptors (Lipinski definition) is 4. The Hall–Kier alpha value is -2.86. The Morgan fingerprint density at radius 1 is 1.03 bits per heavy atom. The quantitative estimate of drug-likeness (QED) is 0.703. The summed E-state index contributed by atoms with van der Waals surface area (Å²) >= 11 is 0. The molecule has 0 aliphatic carbocycles. The van der Waals surface area contributed by atoms with Gasteiger partial charge in [-0.3, -0.25) is 14.5 Å². The second kappa shape index (κ2) is 10.3. The van der Waals surface area contributed by atoms with Crippen molar-refractivity contribution in [3.63, 3.8) is 0 Å². The SMILES string of the molecule is COc1ccccc1[C@@H](CNC(=O)CNC(=O)c1ccc(C)c(C)c1)N1CCCC1. The van der Waals surface area contributed by atoms with Crippen LogP contribution in [-0.2, 0) is 4.79 Å². The van der Waals surface area contributed by atoms with Gasteiger partial charge in [0, 0.05) is 17.7 Å². The minimum absolute atomic E-state index is 0.0445. The number of likely N-dealkylation sites (tertiary alicyclic amines) is 1. The third-order valence-electron chi connectivity index (χ3n) is 5.75. The van der Waals surface area contributed by atoms with Gasteiger partial charge in [-0.25, -0.2) is 0 Å². The molecule has 0 bridgehead atoms. The molecule has 6 nitrogen and oxygen atoms in total. The van der Waals surface area contributed by atoms with Gasteiger partial charge in [-0.1, -0.05) is 24.3 Å². The Morgan fingerprint density at radius 3 is 2.47 bits per heavy atom. The summed E-state index contributed by atoms with van der Waals surface area (Å²) < 4.78 is 5.54. The first kappa shape index (κ1) is 21.8. The molecule has 1 atom stereocenters. The van der Waals surface area contributed by atoms with Crippen LogP contribution in [-0.4, -0.2) is 50.0 Å². The highest BCUT2D eigenvalue weighted by atomic mass is 16.5. The molecule has 3 rings (SSSR count). The molecule has 1 fully saturated rings. The molecule has 160 valence electrons. The molecule has 0 aromatic heterocycles. The molecule has 0 unspecified atom stereocenters. The van der Waals surface area contributed by atoms with E-state index in [9.17, 15) is 9.59 Å². The molecule has 30 heavy (non-hydrogen) atoms. The topological polar surface area (TPSA) is 70.7 Å². The van der Waals surface area contributed by atoms with E-state index in [-0.39, 0.29) is 24.4 Å². The minimum atomic E-state index is -0.242. The summed E-state index contributed by atoms with van der Waals surface area (Å²) in [7, 11) is 1.67. The van der Waals surface area contributed by atoms with E-state index in [0.29, 0.717) is 12.1 Å². The number of methoxy groups -OCH3 is 1. The summed E-state index contributed by atoms with van der Waals surface area (Å²) in [5.74, 6) is 0.382. The zero-order valence-corrected chi connectivity index (χ0v) is 18.0. The highest BCUT2D eigenvalue weighted by Gasteiger charge is 2.26. The zero-order valence-electron chi connectivity index (χ0n) is 18.0. The van der Waals surface area contributed by atoms with Crippen molar-refractivity contribution >= 4 is 11.8 Å². The monoisotopic (exact) mass is 409 g/mol. The molecule has 2 aromatic rings. The van der Waals surface area contributed by atoms with Gasteiger partial charge in [-0.05, 0) is 69.1 Å². The summed E-state index contributed by atoms with van der Waals surface area (Å²) in [6, 6.07) is 13.5. The van der Waals surface area contributed by atoms with Crippen LogP contribution >= 0.6 is 0 Å². The van der Waals surface area contributed by atoms with Gasteiger partial charge in [0.2, 0.25) is 5.91 Å². The fourth-order valence-electron chi connectivity index (χ4n) is 3.85. The van der Waals surface area contributed by atoms with Crippen molar-refractivity contribution in [1.82, 2.24) is 15.5 Å². The number of hydrogen-bond donors (Lipinski definition) is 2. The fourth-order valence-corrected chi connectivity index (χ4v) is 3.85. The molecule has 1 aliphatic heterocycles. The van der Waals surface area contributed by atoms with Gasteiger partial charge in [0.15, 0.2) is 0 Å². The van der Waals surface area contributed by atoms with Crippen molar-refractivity contribution in [2.24, 2.45) is 0 Å². The van der Waals surface area contributed by atoms with Crippen LogP contribution in [0.1, 0.15) is 45.9 Å². The maximum atomic E-state index is 12.4. The molecule has 2 N–H and O–H groups in total. The van der Waals surface area contributed by atoms with E-state index in [1.54, 1.807) is 13.2 Å². The first-order valence-electron chi connectivity index (χ1n) is 10.5. The number of amides is 2. The molecule has 6 heteroatoms. The van der Waals surface area contributed by atoms with E-state index >= 15 is 0 Å². The number of para-hydroxylation sites is 1. The number of rotatable bonds is 8. The van der Waals surface area contributed by atoms with E-state index in [0.717, 1.165) is 48.4 Å². The van der Waals surface area contributed by atoms with Crippen molar-refractivity contribution in [2.45, 2.75) is 32.7 Å². The smallest absolute Gasteiger partial charge is 0.251 e. The Balaban J connectivity index is 1.59. The third kappa shape index (κ3) is 5.39. The van der Waals surface area contributed by atoms with Gasteiger partial charge in [0.05, 0.1) is 19.7 Å².